The van der Waals surface area contributed by atoms with Gasteiger partial charge in [-0.1, -0.05) is 0 Å². The van der Waals surface area contributed by atoms with Gasteiger partial charge in [-0.05, 0) is 51.1 Å². The molecule has 0 saturated heterocycles. The summed E-state index contributed by atoms with van der Waals surface area (Å²) in [4.78, 5) is 11.9. The number of hydrogen-bond donors (Lipinski definition) is 2. The molecule has 25 heavy (non-hydrogen) atoms. The molecule has 3 N–H and O–H groups in total. The molecule has 0 bridgehead atoms. The lowest BCUT2D eigenvalue weighted by Gasteiger charge is -2.20. The molecule has 136 valence electrons. The fourth-order valence-electron chi connectivity index (χ4n) is 2.37. The summed E-state index contributed by atoms with van der Waals surface area (Å²) in [5.74, 6) is 1.95. The zero-order chi connectivity index (χ0) is 18.3. The fourth-order valence-corrected chi connectivity index (χ4v) is 2.37. The Hall–Kier alpha value is -2.47. The lowest BCUT2D eigenvalue weighted by Crippen LogP contribution is -2.80. The topological polar surface area (TPSA) is 77.3 Å². The van der Waals surface area contributed by atoms with Crippen molar-refractivity contribution in [1.82, 2.24) is 5.32 Å². The van der Waals surface area contributed by atoms with Crippen molar-refractivity contribution in [3.63, 3.8) is 0 Å². The summed E-state index contributed by atoms with van der Waals surface area (Å²) >= 11 is 0. The second-order valence-corrected chi connectivity index (χ2v) is 6.85. The van der Waals surface area contributed by atoms with Gasteiger partial charge in [0.05, 0.1) is 13.4 Å². The Balaban J connectivity index is 1.88. The highest BCUT2D eigenvalue weighted by Gasteiger charge is 2.15. The standard InChI is InChI=1S/C19H26N2O4/c1-19(2,3)21-18(22)13-25-16-8-7-14(10-17(16)23-4)11-20-12-15-6-5-9-24-15/h5-10,20H,11-13H2,1-4H3,(H,21,22)/p+1. The molecule has 1 amide bonds. The Morgan fingerprint density at radius 3 is 2.64 bits per heavy atom. The van der Waals surface area contributed by atoms with Gasteiger partial charge in [-0.15, -0.1) is 0 Å². The van der Waals surface area contributed by atoms with Crippen molar-refractivity contribution in [2.24, 2.45) is 0 Å². The van der Waals surface area contributed by atoms with Crippen LogP contribution >= 0.6 is 0 Å². The summed E-state index contributed by atoms with van der Waals surface area (Å²) in [6.45, 7) is 7.32. The van der Waals surface area contributed by atoms with E-state index in [1.54, 1.807) is 13.4 Å². The summed E-state index contributed by atoms with van der Waals surface area (Å²) < 4.78 is 16.3. The number of benzene rings is 1. The first-order valence-corrected chi connectivity index (χ1v) is 8.32. The number of carbonyl (C=O) groups is 1. The molecule has 1 aromatic carbocycles. The van der Waals surface area contributed by atoms with E-state index < -0.39 is 0 Å². The smallest absolute Gasteiger partial charge is 0.258 e. The first-order valence-electron chi connectivity index (χ1n) is 8.32. The number of amides is 1. The Bertz CT molecular complexity index is 675. The van der Waals surface area contributed by atoms with Crippen molar-refractivity contribution >= 4 is 5.91 Å². The second-order valence-electron chi connectivity index (χ2n) is 6.85. The molecule has 1 aromatic heterocycles. The summed E-state index contributed by atoms with van der Waals surface area (Å²) in [6.07, 6.45) is 1.67. The number of furan rings is 1. The van der Waals surface area contributed by atoms with Crippen LogP contribution in [0.2, 0.25) is 0 Å². The number of hydrogen-bond acceptors (Lipinski definition) is 4. The number of methoxy groups -OCH3 is 1. The van der Waals surface area contributed by atoms with E-state index in [1.165, 1.54) is 0 Å². The van der Waals surface area contributed by atoms with E-state index in [0.717, 1.165) is 24.4 Å². The minimum atomic E-state index is -0.280. The van der Waals surface area contributed by atoms with Crippen LogP contribution in [0, 0.1) is 0 Å². The van der Waals surface area contributed by atoms with E-state index in [9.17, 15) is 4.79 Å². The minimum Gasteiger partial charge on any atom is -0.493 e. The van der Waals surface area contributed by atoms with Crippen LogP contribution in [0.4, 0.5) is 0 Å². The van der Waals surface area contributed by atoms with Crippen molar-refractivity contribution < 1.29 is 24.0 Å². The Morgan fingerprint density at radius 2 is 2.00 bits per heavy atom. The number of nitrogens with one attached hydrogen (secondary N) is 1. The molecule has 0 unspecified atom stereocenters. The normalized spacial score (nSPS) is 11.2. The predicted molar refractivity (Wildman–Crippen MR) is 94.4 cm³/mol. The first kappa shape index (κ1) is 18.9. The van der Waals surface area contributed by atoms with Gasteiger partial charge in [0, 0.05) is 11.1 Å². The average molecular weight is 347 g/mol. The third-order valence-electron chi connectivity index (χ3n) is 3.41. The summed E-state index contributed by atoms with van der Waals surface area (Å²) in [6, 6.07) is 9.57. The molecule has 0 aliphatic heterocycles. The van der Waals surface area contributed by atoms with E-state index in [-0.39, 0.29) is 18.1 Å². The summed E-state index contributed by atoms with van der Waals surface area (Å²) in [5, 5.41) is 5.00. The van der Waals surface area contributed by atoms with E-state index in [4.69, 9.17) is 13.9 Å². The molecular formula is C19H27N2O4+. The number of carbonyl (C=O) groups excluding carboxylic acids is 1. The van der Waals surface area contributed by atoms with Gasteiger partial charge in [-0.25, -0.2) is 0 Å². The van der Waals surface area contributed by atoms with Crippen molar-refractivity contribution in [3.05, 3.63) is 47.9 Å². The number of nitrogens with two attached hydrogens (primary N) is 1. The minimum absolute atomic E-state index is 0.0441. The molecule has 0 spiro atoms. The Morgan fingerprint density at radius 1 is 1.20 bits per heavy atom. The van der Waals surface area contributed by atoms with Crippen molar-refractivity contribution in [2.75, 3.05) is 13.7 Å². The molecule has 1 heterocycles. The summed E-state index contributed by atoms with van der Waals surface area (Å²) in [7, 11) is 1.59. The molecule has 0 saturated carbocycles. The van der Waals surface area contributed by atoms with Gasteiger partial charge in [0.1, 0.15) is 13.1 Å². The van der Waals surface area contributed by atoms with Crippen LogP contribution in [0.5, 0.6) is 11.5 Å². The highest BCUT2D eigenvalue weighted by atomic mass is 16.5. The van der Waals surface area contributed by atoms with Crippen LogP contribution in [0.25, 0.3) is 0 Å². The zero-order valence-corrected chi connectivity index (χ0v) is 15.3. The molecule has 0 aliphatic carbocycles. The third kappa shape index (κ3) is 6.51. The van der Waals surface area contributed by atoms with Gasteiger partial charge in [0.15, 0.2) is 23.9 Å². The highest BCUT2D eigenvalue weighted by Crippen LogP contribution is 2.27. The molecule has 0 fully saturated rings. The molecule has 0 aliphatic rings. The van der Waals surface area contributed by atoms with Crippen LogP contribution < -0.4 is 20.1 Å². The van der Waals surface area contributed by atoms with Crippen molar-refractivity contribution in [2.45, 2.75) is 39.4 Å². The average Bonchev–Trinajstić information content (AvgIpc) is 3.05. The van der Waals surface area contributed by atoms with Crippen molar-refractivity contribution in [3.8, 4) is 11.5 Å². The van der Waals surface area contributed by atoms with E-state index in [1.807, 2.05) is 51.1 Å². The monoisotopic (exact) mass is 347 g/mol. The van der Waals surface area contributed by atoms with Crippen molar-refractivity contribution in [1.29, 1.82) is 0 Å². The van der Waals surface area contributed by atoms with Gasteiger partial charge in [0.25, 0.3) is 5.91 Å². The zero-order valence-electron chi connectivity index (χ0n) is 15.3. The maximum absolute atomic E-state index is 11.9. The lowest BCUT2D eigenvalue weighted by atomic mass is 10.1. The van der Waals surface area contributed by atoms with Gasteiger partial charge in [-0.2, -0.15) is 0 Å². The molecule has 2 rings (SSSR count). The molecule has 0 radical (unpaired) electrons. The lowest BCUT2D eigenvalue weighted by molar-refractivity contribution is -0.688. The molecule has 0 atom stereocenters. The van der Waals surface area contributed by atoms with Crippen LogP contribution in [0.15, 0.2) is 41.0 Å². The largest absolute Gasteiger partial charge is 0.493 e. The van der Waals surface area contributed by atoms with E-state index in [0.29, 0.717) is 11.5 Å². The third-order valence-corrected chi connectivity index (χ3v) is 3.41. The summed E-state index contributed by atoms with van der Waals surface area (Å²) in [5.41, 5.74) is 0.827. The molecule has 2 aromatic rings. The number of ether oxygens (including phenoxy) is 2. The van der Waals surface area contributed by atoms with Crippen LogP contribution in [0.3, 0.4) is 0 Å². The van der Waals surface area contributed by atoms with Gasteiger partial charge in [0.2, 0.25) is 0 Å². The van der Waals surface area contributed by atoms with Crippen LogP contribution in [-0.4, -0.2) is 25.2 Å². The Labute approximate surface area is 148 Å². The van der Waals surface area contributed by atoms with Crippen LogP contribution in [0.1, 0.15) is 32.1 Å². The van der Waals surface area contributed by atoms with Gasteiger partial charge in [-0.3, -0.25) is 4.79 Å². The maximum Gasteiger partial charge on any atom is 0.258 e. The second kappa shape index (κ2) is 8.58. The van der Waals surface area contributed by atoms with E-state index >= 15 is 0 Å². The predicted octanol–water partition coefficient (Wildman–Crippen LogP) is 1.85. The molecular weight excluding hydrogens is 320 g/mol. The molecule has 6 heteroatoms. The van der Waals surface area contributed by atoms with Gasteiger partial charge < -0.3 is 24.5 Å². The van der Waals surface area contributed by atoms with Gasteiger partial charge >= 0.3 is 0 Å². The molecule has 6 nitrogen and oxygen atoms in total. The fraction of sp³-hybridized carbons (Fsp3) is 0.421. The van der Waals surface area contributed by atoms with Crippen LogP contribution in [-0.2, 0) is 17.9 Å². The number of quaternary nitrogens is 1. The quantitative estimate of drug-likeness (QED) is 0.764. The Kier molecular flexibility index (Phi) is 6.47. The van der Waals surface area contributed by atoms with E-state index in [2.05, 4.69) is 10.6 Å². The first-order chi connectivity index (χ1) is 11.9. The highest BCUT2D eigenvalue weighted by molar-refractivity contribution is 5.78. The maximum atomic E-state index is 11.9. The SMILES string of the molecule is COc1cc(C[NH2+]Cc2ccco2)ccc1OCC(=O)NC(C)(C)C. The number of rotatable bonds is 8.